The minimum Gasteiger partial charge on any atom is -0.478 e. The van der Waals surface area contributed by atoms with Gasteiger partial charge in [-0.25, -0.2) is 4.79 Å². The Balaban J connectivity index is 2.96. The first-order valence-electron chi connectivity index (χ1n) is 5.52. The van der Waals surface area contributed by atoms with Gasteiger partial charge in [0.1, 0.15) is 0 Å². The Hall–Kier alpha value is -1.75. The summed E-state index contributed by atoms with van der Waals surface area (Å²) in [4.78, 5) is 11.0. The van der Waals surface area contributed by atoms with E-state index in [4.69, 9.17) is 11.5 Å². The summed E-state index contributed by atoms with van der Waals surface area (Å²) in [5.74, 6) is 1.54. The fraction of sp³-hybridized carbons (Fsp3) is 0.357. The molecule has 0 amide bonds. The van der Waals surface area contributed by atoms with Crippen LogP contribution in [0.25, 0.3) is 0 Å². The van der Waals surface area contributed by atoms with Crippen molar-refractivity contribution in [2.75, 3.05) is 0 Å². The molecule has 2 heteroatoms. The number of terminal acetylenes is 1. The molecular weight excluding hydrogens is 200 g/mol. The van der Waals surface area contributed by atoms with Gasteiger partial charge in [-0.15, -0.1) is 6.42 Å². The van der Waals surface area contributed by atoms with E-state index in [1.54, 1.807) is 12.1 Å². The van der Waals surface area contributed by atoms with Gasteiger partial charge in [0.2, 0.25) is 0 Å². The second kappa shape index (κ2) is 5.97. The zero-order valence-electron chi connectivity index (χ0n) is 9.49. The van der Waals surface area contributed by atoms with E-state index in [9.17, 15) is 4.79 Å². The maximum atomic E-state index is 11.0. The summed E-state index contributed by atoms with van der Waals surface area (Å²) in [6.45, 7) is 2.13. The standard InChI is InChI=1S/C14H16O2/c1-3-5-6-8-11-9-7-10-13(14(15)16)12(11)4-2/h2,7,9-10H,3,5-6,8H2,1H3,(H,15,16). The van der Waals surface area contributed by atoms with E-state index in [1.165, 1.54) is 0 Å². The summed E-state index contributed by atoms with van der Waals surface area (Å²) in [5, 5.41) is 9.00. The van der Waals surface area contributed by atoms with Crippen molar-refractivity contribution in [1.29, 1.82) is 0 Å². The quantitative estimate of drug-likeness (QED) is 0.606. The topological polar surface area (TPSA) is 37.3 Å². The molecule has 0 aromatic heterocycles. The lowest BCUT2D eigenvalue weighted by atomic mass is 9.97. The molecule has 0 radical (unpaired) electrons. The normalized spacial score (nSPS) is 9.75. The van der Waals surface area contributed by atoms with Crippen LogP contribution in [0, 0.1) is 12.3 Å². The zero-order chi connectivity index (χ0) is 12.0. The van der Waals surface area contributed by atoms with Gasteiger partial charge < -0.3 is 5.11 Å². The first-order valence-corrected chi connectivity index (χ1v) is 5.52. The third-order valence-electron chi connectivity index (χ3n) is 2.58. The predicted octanol–water partition coefficient (Wildman–Crippen LogP) is 3.10. The minimum absolute atomic E-state index is 0.233. The number of unbranched alkanes of at least 4 members (excludes halogenated alkanes) is 2. The Bertz CT molecular complexity index is 413. The molecule has 0 saturated carbocycles. The van der Waals surface area contributed by atoms with Gasteiger partial charge in [0.25, 0.3) is 0 Å². The van der Waals surface area contributed by atoms with Gasteiger partial charge in [0.05, 0.1) is 5.56 Å². The molecule has 0 unspecified atom stereocenters. The number of carbonyl (C=O) groups is 1. The molecule has 1 aromatic carbocycles. The molecule has 0 aliphatic heterocycles. The Morgan fingerprint density at radius 3 is 2.75 bits per heavy atom. The molecular formula is C14H16O2. The zero-order valence-corrected chi connectivity index (χ0v) is 9.49. The molecule has 16 heavy (non-hydrogen) atoms. The Kier molecular flexibility index (Phi) is 4.60. The van der Waals surface area contributed by atoms with Crippen molar-refractivity contribution >= 4 is 5.97 Å². The van der Waals surface area contributed by atoms with Crippen LogP contribution in [-0.2, 0) is 6.42 Å². The molecule has 0 atom stereocenters. The number of rotatable bonds is 5. The van der Waals surface area contributed by atoms with Crippen molar-refractivity contribution in [1.82, 2.24) is 0 Å². The van der Waals surface area contributed by atoms with Crippen molar-refractivity contribution in [3.8, 4) is 12.3 Å². The number of benzene rings is 1. The average molecular weight is 216 g/mol. The van der Waals surface area contributed by atoms with Crippen LogP contribution in [-0.4, -0.2) is 11.1 Å². The number of hydrogen-bond acceptors (Lipinski definition) is 1. The molecule has 0 aliphatic carbocycles. The Morgan fingerprint density at radius 1 is 1.44 bits per heavy atom. The summed E-state index contributed by atoms with van der Waals surface area (Å²) in [5.41, 5.74) is 1.73. The Morgan fingerprint density at radius 2 is 2.19 bits per heavy atom. The fourth-order valence-electron chi connectivity index (χ4n) is 1.72. The largest absolute Gasteiger partial charge is 0.478 e. The molecule has 1 rings (SSSR count). The lowest BCUT2D eigenvalue weighted by Crippen LogP contribution is -2.03. The van der Waals surface area contributed by atoms with Crippen LogP contribution < -0.4 is 0 Å². The lowest BCUT2D eigenvalue weighted by Gasteiger charge is -2.07. The summed E-state index contributed by atoms with van der Waals surface area (Å²) >= 11 is 0. The van der Waals surface area contributed by atoms with E-state index in [1.807, 2.05) is 6.07 Å². The number of aromatic carboxylic acids is 1. The molecule has 0 aliphatic rings. The van der Waals surface area contributed by atoms with Crippen LogP contribution in [0.1, 0.15) is 47.7 Å². The molecule has 84 valence electrons. The number of carboxylic acid groups (broad SMARTS) is 1. The van der Waals surface area contributed by atoms with E-state index >= 15 is 0 Å². The third-order valence-corrected chi connectivity index (χ3v) is 2.58. The predicted molar refractivity (Wildman–Crippen MR) is 64.6 cm³/mol. The molecule has 0 saturated heterocycles. The highest BCUT2D eigenvalue weighted by molar-refractivity contribution is 5.91. The summed E-state index contributed by atoms with van der Waals surface area (Å²) in [6, 6.07) is 5.23. The molecule has 1 aromatic rings. The highest BCUT2D eigenvalue weighted by atomic mass is 16.4. The van der Waals surface area contributed by atoms with Gasteiger partial charge in [-0.1, -0.05) is 37.8 Å². The summed E-state index contributed by atoms with van der Waals surface area (Å²) in [7, 11) is 0. The van der Waals surface area contributed by atoms with Crippen molar-refractivity contribution in [2.24, 2.45) is 0 Å². The number of carboxylic acids is 1. The maximum absolute atomic E-state index is 11.0. The SMILES string of the molecule is C#Cc1c(CCCCC)cccc1C(=O)O. The van der Waals surface area contributed by atoms with Crippen LogP contribution >= 0.6 is 0 Å². The van der Waals surface area contributed by atoms with Crippen molar-refractivity contribution in [2.45, 2.75) is 32.6 Å². The highest BCUT2D eigenvalue weighted by Crippen LogP contribution is 2.16. The van der Waals surface area contributed by atoms with E-state index in [2.05, 4.69) is 12.8 Å². The second-order valence-corrected chi connectivity index (χ2v) is 3.75. The molecule has 0 fully saturated rings. The van der Waals surface area contributed by atoms with E-state index in [0.717, 1.165) is 31.2 Å². The number of aryl methyl sites for hydroxylation is 1. The molecule has 1 N–H and O–H groups in total. The average Bonchev–Trinajstić information content (AvgIpc) is 2.29. The monoisotopic (exact) mass is 216 g/mol. The van der Waals surface area contributed by atoms with E-state index in [0.29, 0.717) is 5.56 Å². The molecule has 2 nitrogen and oxygen atoms in total. The van der Waals surface area contributed by atoms with Gasteiger partial charge >= 0.3 is 5.97 Å². The van der Waals surface area contributed by atoms with Crippen molar-refractivity contribution in [3.63, 3.8) is 0 Å². The van der Waals surface area contributed by atoms with Crippen molar-refractivity contribution in [3.05, 3.63) is 34.9 Å². The van der Waals surface area contributed by atoms with Crippen LogP contribution in [0.2, 0.25) is 0 Å². The molecule has 0 spiro atoms. The van der Waals surface area contributed by atoms with Gasteiger partial charge in [-0.05, 0) is 24.5 Å². The third kappa shape index (κ3) is 2.87. The van der Waals surface area contributed by atoms with E-state index in [-0.39, 0.29) is 5.56 Å². The highest BCUT2D eigenvalue weighted by Gasteiger charge is 2.11. The van der Waals surface area contributed by atoms with Crippen LogP contribution in [0.15, 0.2) is 18.2 Å². The first kappa shape index (κ1) is 12.3. The van der Waals surface area contributed by atoms with Crippen LogP contribution in [0.4, 0.5) is 0 Å². The van der Waals surface area contributed by atoms with Crippen LogP contribution in [0.5, 0.6) is 0 Å². The van der Waals surface area contributed by atoms with Gasteiger partial charge in [-0.3, -0.25) is 0 Å². The van der Waals surface area contributed by atoms with Crippen LogP contribution in [0.3, 0.4) is 0 Å². The number of hydrogen-bond donors (Lipinski definition) is 1. The summed E-state index contributed by atoms with van der Waals surface area (Å²) in [6.07, 6.45) is 9.57. The van der Waals surface area contributed by atoms with E-state index < -0.39 is 5.97 Å². The fourth-order valence-corrected chi connectivity index (χ4v) is 1.72. The Labute approximate surface area is 96.3 Å². The second-order valence-electron chi connectivity index (χ2n) is 3.75. The van der Waals surface area contributed by atoms with Gasteiger partial charge in [0.15, 0.2) is 0 Å². The van der Waals surface area contributed by atoms with Gasteiger partial charge in [0, 0.05) is 5.56 Å². The lowest BCUT2D eigenvalue weighted by molar-refractivity contribution is 0.0696. The minimum atomic E-state index is -0.953. The van der Waals surface area contributed by atoms with Gasteiger partial charge in [-0.2, -0.15) is 0 Å². The smallest absolute Gasteiger partial charge is 0.336 e. The van der Waals surface area contributed by atoms with Crippen molar-refractivity contribution < 1.29 is 9.90 Å². The maximum Gasteiger partial charge on any atom is 0.336 e. The summed E-state index contributed by atoms with van der Waals surface area (Å²) < 4.78 is 0. The molecule has 0 heterocycles. The first-order chi connectivity index (χ1) is 7.70. The molecule has 0 bridgehead atoms.